The van der Waals surface area contributed by atoms with Crippen molar-refractivity contribution in [2.75, 3.05) is 0 Å². The van der Waals surface area contributed by atoms with Gasteiger partial charge in [0.05, 0.1) is 17.6 Å². The summed E-state index contributed by atoms with van der Waals surface area (Å²) < 4.78 is 19.1. The molecule has 7 nitrogen and oxygen atoms in total. The number of nitrogens with one attached hydrogen (secondary N) is 1. The molecule has 0 saturated carbocycles. The molecule has 0 radical (unpaired) electrons. The van der Waals surface area contributed by atoms with E-state index in [2.05, 4.69) is 10.5 Å². The van der Waals surface area contributed by atoms with E-state index in [1.165, 1.54) is 30.5 Å². The van der Waals surface area contributed by atoms with Crippen molar-refractivity contribution in [1.29, 1.82) is 0 Å². The molecule has 0 bridgehead atoms. The smallest absolute Gasteiger partial charge is 0.273 e. The van der Waals surface area contributed by atoms with Gasteiger partial charge in [-0.25, -0.2) is 9.82 Å². The van der Waals surface area contributed by atoms with Gasteiger partial charge < -0.3 is 4.74 Å². The molecule has 0 aliphatic carbocycles. The van der Waals surface area contributed by atoms with Gasteiger partial charge >= 0.3 is 0 Å². The minimum absolute atomic E-state index is 0.118. The summed E-state index contributed by atoms with van der Waals surface area (Å²) in [6.45, 7) is 0.226. The number of hydrogen-bond donors (Lipinski definition) is 1. The lowest BCUT2D eigenvalue weighted by Gasteiger charge is -2.12. The van der Waals surface area contributed by atoms with Crippen molar-refractivity contribution in [2.45, 2.75) is 13.0 Å². The molecule has 0 spiro atoms. The Hall–Kier alpha value is -4.59. The largest absolute Gasteiger partial charge is 0.488 e. The van der Waals surface area contributed by atoms with E-state index in [-0.39, 0.29) is 24.5 Å². The first-order chi connectivity index (χ1) is 16.5. The molecule has 4 rings (SSSR count). The standard InChI is InChI=1S/C26H20FN3O4/c27-21-12-9-18(10-13-21)17-34-25-14-11-19-5-1-3-7-22(19)23(25)16-28-29-26(31)15-20-6-2-4-8-24(20)30(32)33/h1-14,16H,15,17H2,(H,29,31). The van der Waals surface area contributed by atoms with Crippen LogP contribution in [0.25, 0.3) is 10.8 Å². The second-order valence-corrected chi connectivity index (χ2v) is 7.47. The predicted molar refractivity (Wildman–Crippen MR) is 127 cm³/mol. The van der Waals surface area contributed by atoms with E-state index in [4.69, 9.17) is 4.74 Å². The van der Waals surface area contributed by atoms with Crippen LogP contribution >= 0.6 is 0 Å². The number of hydrazone groups is 1. The maximum absolute atomic E-state index is 13.2. The number of carbonyl (C=O) groups is 1. The molecule has 170 valence electrons. The summed E-state index contributed by atoms with van der Waals surface area (Å²) in [7, 11) is 0. The molecule has 0 fully saturated rings. The number of rotatable bonds is 8. The van der Waals surface area contributed by atoms with Crippen LogP contribution in [0.1, 0.15) is 16.7 Å². The first kappa shape index (κ1) is 22.6. The fourth-order valence-corrected chi connectivity index (χ4v) is 3.50. The summed E-state index contributed by atoms with van der Waals surface area (Å²) in [6, 6.07) is 23.5. The Kier molecular flexibility index (Phi) is 6.88. The van der Waals surface area contributed by atoms with E-state index in [0.717, 1.165) is 16.3 Å². The number of hydrogen-bond acceptors (Lipinski definition) is 5. The van der Waals surface area contributed by atoms with Crippen molar-refractivity contribution < 1.29 is 18.8 Å². The van der Waals surface area contributed by atoms with Crippen LogP contribution in [-0.4, -0.2) is 17.0 Å². The molecule has 0 atom stereocenters. The maximum Gasteiger partial charge on any atom is 0.273 e. The number of ether oxygens (including phenoxy) is 1. The highest BCUT2D eigenvalue weighted by Crippen LogP contribution is 2.27. The highest BCUT2D eigenvalue weighted by Gasteiger charge is 2.15. The second-order valence-electron chi connectivity index (χ2n) is 7.47. The van der Waals surface area contributed by atoms with Gasteiger partial charge in [-0.05, 0) is 34.5 Å². The average molecular weight is 457 g/mol. The molecule has 0 unspecified atom stereocenters. The molecule has 0 heterocycles. The fourth-order valence-electron chi connectivity index (χ4n) is 3.50. The van der Waals surface area contributed by atoms with Crippen LogP contribution < -0.4 is 10.2 Å². The van der Waals surface area contributed by atoms with Crippen molar-refractivity contribution >= 4 is 28.6 Å². The number of nitro groups is 1. The van der Waals surface area contributed by atoms with Crippen LogP contribution in [0.2, 0.25) is 0 Å². The minimum Gasteiger partial charge on any atom is -0.488 e. The third-order valence-electron chi connectivity index (χ3n) is 5.16. The lowest BCUT2D eigenvalue weighted by atomic mass is 10.0. The van der Waals surface area contributed by atoms with Gasteiger partial charge in [-0.15, -0.1) is 0 Å². The van der Waals surface area contributed by atoms with Gasteiger partial charge in [-0.2, -0.15) is 5.10 Å². The van der Waals surface area contributed by atoms with Gasteiger partial charge in [0.25, 0.3) is 5.69 Å². The van der Waals surface area contributed by atoms with Gasteiger partial charge in [0.15, 0.2) is 0 Å². The first-order valence-corrected chi connectivity index (χ1v) is 10.4. The lowest BCUT2D eigenvalue weighted by molar-refractivity contribution is -0.385. The maximum atomic E-state index is 13.2. The molecule has 0 aromatic heterocycles. The van der Waals surface area contributed by atoms with E-state index >= 15 is 0 Å². The van der Waals surface area contributed by atoms with Crippen molar-refractivity contribution in [3.05, 3.63) is 118 Å². The molecule has 0 saturated heterocycles. The minimum atomic E-state index is -0.521. The molecule has 1 N–H and O–H groups in total. The molecule has 4 aromatic carbocycles. The van der Waals surface area contributed by atoms with Gasteiger partial charge in [-0.1, -0.05) is 60.7 Å². The lowest BCUT2D eigenvalue weighted by Crippen LogP contribution is -2.20. The third kappa shape index (κ3) is 5.42. The van der Waals surface area contributed by atoms with Crippen molar-refractivity contribution in [2.24, 2.45) is 5.10 Å². The third-order valence-corrected chi connectivity index (χ3v) is 5.16. The average Bonchev–Trinajstić information content (AvgIpc) is 2.84. The Morgan fingerprint density at radius 1 is 1.00 bits per heavy atom. The highest BCUT2D eigenvalue weighted by molar-refractivity contribution is 6.02. The van der Waals surface area contributed by atoms with Crippen LogP contribution in [0.5, 0.6) is 5.75 Å². The molecule has 0 aliphatic heterocycles. The van der Waals surface area contributed by atoms with Gasteiger partial charge in [0.1, 0.15) is 18.2 Å². The summed E-state index contributed by atoms with van der Waals surface area (Å²) in [5.41, 5.74) is 4.07. The Morgan fingerprint density at radius 2 is 1.74 bits per heavy atom. The van der Waals surface area contributed by atoms with E-state index in [9.17, 15) is 19.3 Å². The normalized spacial score (nSPS) is 11.0. The van der Waals surface area contributed by atoms with Crippen LogP contribution in [0.4, 0.5) is 10.1 Å². The summed E-state index contributed by atoms with van der Waals surface area (Å²) in [6.07, 6.45) is 1.30. The molecule has 0 aliphatic rings. The SMILES string of the molecule is O=C(Cc1ccccc1[N+](=O)[O-])NN=Cc1c(OCc2ccc(F)cc2)ccc2ccccc12. The molecule has 1 amide bonds. The highest BCUT2D eigenvalue weighted by atomic mass is 19.1. The first-order valence-electron chi connectivity index (χ1n) is 10.4. The van der Waals surface area contributed by atoms with Crippen LogP contribution in [0, 0.1) is 15.9 Å². The molecular weight excluding hydrogens is 437 g/mol. The van der Waals surface area contributed by atoms with Crippen molar-refractivity contribution in [3.8, 4) is 5.75 Å². The number of amides is 1. The Balaban J connectivity index is 1.53. The number of halogens is 1. The molecule has 8 heteroatoms. The number of carbonyl (C=O) groups excluding carboxylic acids is 1. The monoisotopic (exact) mass is 457 g/mol. The molecular formula is C26H20FN3O4. The van der Waals surface area contributed by atoms with Gasteiger partial charge in [0.2, 0.25) is 5.91 Å². The van der Waals surface area contributed by atoms with E-state index in [0.29, 0.717) is 16.9 Å². The summed E-state index contributed by atoms with van der Waals surface area (Å²) in [4.78, 5) is 23.0. The van der Waals surface area contributed by atoms with E-state index < -0.39 is 10.8 Å². The zero-order chi connectivity index (χ0) is 23.9. The Bertz CT molecular complexity index is 1370. The summed E-state index contributed by atoms with van der Waals surface area (Å²) in [5.74, 6) is -0.266. The van der Waals surface area contributed by atoms with Crippen LogP contribution in [0.3, 0.4) is 0 Å². The Labute approximate surface area is 194 Å². The fraction of sp³-hybridized carbons (Fsp3) is 0.0769. The number of nitrogens with zero attached hydrogens (tertiary/aromatic N) is 2. The van der Waals surface area contributed by atoms with E-state index in [1.54, 1.807) is 24.3 Å². The molecule has 34 heavy (non-hydrogen) atoms. The number of benzene rings is 4. The second kappa shape index (κ2) is 10.4. The summed E-state index contributed by atoms with van der Waals surface area (Å²) in [5, 5.41) is 17.1. The van der Waals surface area contributed by atoms with Crippen LogP contribution in [-0.2, 0) is 17.8 Å². The number of para-hydroxylation sites is 1. The predicted octanol–water partition coefficient (Wildman–Crippen LogP) is 5.16. The topological polar surface area (TPSA) is 93.8 Å². The van der Waals surface area contributed by atoms with Gasteiger partial charge in [-0.3, -0.25) is 14.9 Å². The van der Waals surface area contributed by atoms with Gasteiger partial charge in [0, 0.05) is 17.2 Å². The van der Waals surface area contributed by atoms with Crippen molar-refractivity contribution in [1.82, 2.24) is 5.43 Å². The zero-order valence-electron chi connectivity index (χ0n) is 18.0. The van der Waals surface area contributed by atoms with Crippen molar-refractivity contribution in [3.63, 3.8) is 0 Å². The Morgan fingerprint density at radius 3 is 2.53 bits per heavy atom. The zero-order valence-corrected chi connectivity index (χ0v) is 18.0. The number of fused-ring (bicyclic) bond motifs is 1. The number of nitro benzene ring substituents is 1. The quantitative estimate of drug-likeness (QED) is 0.225. The molecule has 4 aromatic rings. The van der Waals surface area contributed by atoms with E-state index in [1.807, 2.05) is 36.4 Å². The van der Waals surface area contributed by atoms with Crippen LogP contribution in [0.15, 0.2) is 90.0 Å². The summed E-state index contributed by atoms with van der Waals surface area (Å²) >= 11 is 0.